The average molecular weight is 796 g/mol. The molecule has 0 saturated carbocycles. The second kappa shape index (κ2) is 14.4. The Kier molecular flexibility index (Phi) is 9.82. The summed E-state index contributed by atoms with van der Waals surface area (Å²) in [6.07, 6.45) is 3.31. The van der Waals surface area contributed by atoms with Crippen molar-refractivity contribution in [3.05, 3.63) is 75.0 Å². The summed E-state index contributed by atoms with van der Waals surface area (Å²) in [6, 6.07) is 12.1. The Balaban J connectivity index is 0.973. The third kappa shape index (κ3) is 7.06. The Hall–Kier alpha value is -4.26. The molecular weight excluding hydrogens is 750 g/mol. The second-order valence-electron chi connectivity index (χ2n) is 16.3. The SMILES string of the molecule is COC(=O)c1cc(F)c(-c2cccc3c2OCN(C(=O)c2c(Cl)cc(N4CC5(CCN(C(=O)OC(C)(C)C)CC5)C4)cc2Cl)C3)cc1N1C2CCC1COC2. The number of morpholine rings is 1. The zero-order valence-corrected chi connectivity index (χ0v) is 33.0. The van der Waals surface area contributed by atoms with Crippen molar-refractivity contribution < 1.29 is 37.7 Å². The van der Waals surface area contributed by atoms with Crippen molar-refractivity contribution >= 4 is 52.5 Å². The average Bonchev–Trinajstić information content (AvgIpc) is 3.38. The van der Waals surface area contributed by atoms with Gasteiger partial charge in [-0.1, -0.05) is 41.4 Å². The summed E-state index contributed by atoms with van der Waals surface area (Å²) in [5, 5.41) is 0.482. The lowest BCUT2D eigenvalue weighted by Crippen LogP contribution is -2.61. The molecule has 4 fully saturated rings. The summed E-state index contributed by atoms with van der Waals surface area (Å²) in [4.78, 5) is 47.0. The number of methoxy groups -OCH3 is 1. The van der Waals surface area contributed by atoms with Gasteiger partial charge in [-0.15, -0.1) is 0 Å². The molecule has 11 nitrogen and oxygen atoms in total. The highest BCUT2D eigenvalue weighted by Gasteiger charge is 2.46. The number of carbonyl (C=O) groups is 3. The van der Waals surface area contributed by atoms with Gasteiger partial charge in [0.25, 0.3) is 5.91 Å². The van der Waals surface area contributed by atoms with E-state index in [1.165, 1.54) is 18.1 Å². The van der Waals surface area contributed by atoms with Crippen molar-refractivity contribution in [3.63, 3.8) is 0 Å². The van der Waals surface area contributed by atoms with Gasteiger partial charge in [0, 0.05) is 54.0 Å². The monoisotopic (exact) mass is 794 g/mol. The van der Waals surface area contributed by atoms with Crippen LogP contribution in [-0.4, -0.2) is 98.7 Å². The van der Waals surface area contributed by atoms with Crippen LogP contribution in [0, 0.1) is 11.2 Å². The number of nitrogens with zero attached hydrogens (tertiary/aromatic N) is 4. The normalized spacial score (nSPS) is 21.5. The maximum atomic E-state index is 16.0. The Labute approximate surface area is 330 Å². The van der Waals surface area contributed by atoms with E-state index in [-0.39, 0.29) is 69.5 Å². The molecule has 0 radical (unpaired) electrons. The van der Waals surface area contributed by atoms with E-state index in [2.05, 4.69) is 9.80 Å². The molecule has 3 aromatic rings. The quantitative estimate of drug-likeness (QED) is 0.240. The van der Waals surface area contributed by atoms with Gasteiger partial charge in [0.2, 0.25) is 0 Å². The van der Waals surface area contributed by atoms with E-state index in [0.717, 1.165) is 44.5 Å². The van der Waals surface area contributed by atoms with E-state index >= 15 is 4.39 Å². The Bertz CT molecular complexity index is 2000. The molecule has 55 heavy (non-hydrogen) atoms. The molecule has 4 saturated heterocycles. The second-order valence-corrected chi connectivity index (χ2v) is 17.2. The topological polar surface area (TPSA) is 101 Å². The number of amides is 2. The predicted molar refractivity (Wildman–Crippen MR) is 207 cm³/mol. The van der Waals surface area contributed by atoms with Gasteiger partial charge >= 0.3 is 12.1 Å². The largest absolute Gasteiger partial charge is 0.472 e. The Morgan fingerprint density at radius 3 is 2.24 bits per heavy atom. The number of likely N-dealkylation sites (tertiary alicyclic amines) is 1. The van der Waals surface area contributed by atoms with Crippen molar-refractivity contribution in [1.29, 1.82) is 0 Å². The number of hydrogen-bond donors (Lipinski definition) is 0. The Morgan fingerprint density at radius 1 is 0.927 bits per heavy atom. The molecule has 1 spiro atoms. The van der Waals surface area contributed by atoms with Crippen LogP contribution in [0.2, 0.25) is 10.0 Å². The number of piperidine rings is 1. The molecule has 0 aliphatic carbocycles. The highest BCUT2D eigenvalue weighted by Crippen LogP contribution is 2.46. The lowest BCUT2D eigenvalue weighted by molar-refractivity contribution is 0.00594. The van der Waals surface area contributed by atoms with E-state index in [0.29, 0.717) is 48.9 Å². The summed E-state index contributed by atoms with van der Waals surface area (Å²) in [5.41, 5.74) is 2.85. The third-order valence-electron chi connectivity index (χ3n) is 11.5. The molecule has 5 aliphatic heterocycles. The van der Waals surface area contributed by atoms with Crippen LogP contribution in [-0.2, 0) is 20.8 Å². The number of halogens is 3. The number of anilines is 2. The molecule has 5 aliphatic rings. The standard InChI is InChI=1S/C41H45Cl2FN4O7/c1-40(2,3)55-39(51)45-12-10-41(11-13-45)21-47(22-41)27-14-31(42)35(32(43)15-27)37(49)46-18-24-6-5-7-28(36(24)54-23-46)29-17-34(30(16-33(29)44)38(50)52-4)48-25-8-9-26(48)20-53-19-25/h5-7,14-17,25-26H,8-13,18-23H2,1-4H3. The predicted octanol–water partition coefficient (Wildman–Crippen LogP) is 7.78. The summed E-state index contributed by atoms with van der Waals surface area (Å²) in [7, 11) is 1.29. The molecule has 2 bridgehead atoms. The molecule has 5 heterocycles. The highest BCUT2D eigenvalue weighted by molar-refractivity contribution is 6.40. The first kappa shape index (κ1) is 37.7. The van der Waals surface area contributed by atoms with Crippen molar-refractivity contribution in [3.8, 4) is 16.9 Å². The number of hydrogen-bond acceptors (Lipinski definition) is 9. The van der Waals surface area contributed by atoms with Crippen molar-refractivity contribution in [1.82, 2.24) is 9.80 Å². The van der Waals surface area contributed by atoms with Gasteiger partial charge in [-0.3, -0.25) is 4.79 Å². The lowest BCUT2D eigenvalue weighted by Gasteiger charge is -2.55. The molecule has 292 valence electrons. The fraction of sp³-hybridized carbons (Fsp3) is 0.488. The number of ether oxygens (including phenoxy) is 4. The maximum absolute atomic E-state index is 16.0. The van der Waals surface area contributed by atoms with Gasteiger partial charge in [0.05, 0.1) is 65.8 Å². The minimum absolute atomic E-state index is 0.0758. The number of esters is 1. The van der Waals surface area contributed by atoms with Gasteiger partial charge in [-0.2, -0.15) is 0 Å². The van der Waals surface area contributed by atoms with Crippen molar-refractivity contribution in [2.24, 2.45) is 5.41 Å². The summed E-state index contributed by atoms with van der Waals surface area (Å²) < 4.78 is 38.6. The van der Waals surface area contributed by atoms with Gasteiger partial charge in [0.1, 0.15) is 17.2 Å². The molecule has 0 aromatic heterocycles. The Morgan fingerprint density at radius 2 is 1.60 bits per heavy atom. The van der Waals surface area contributed by atoms with Gasteiger partial charge < -0.3 is 38.5 Å². The molecule has 0 N–H and O–H groups in total. The first-order chi connectivity index (χ1) is 26.2. The summed E-state index contributed by atoms with van der Waals surface area (Å²) in [5.74, 6) is -1.11. The number of carbonyl (C=O) groups excluding carboxylic acids is 3. The van der Waals surface area contributed by atoms with E-state index in [4.69, 9.17) is 42.1 Å². The van der Waals surface area contributed by atoms with Gasteiger partial charge in [-0.25, -0.2) is 14.0 Å². The fourth-order valence-electron chi connectivity index (χ4n) is 8.75. The summed E-state index contributed by atoms with van der Waals surface area (Å²) in [6.45, 7) is 9.65. The van der Waals surface area contributed by atoms with Crippen LogP contribution in [0.15, 0.2) is 42.5 Å². The fourth-order valence-corrected chi connectivity index (χ4v) is 9.39. The van der Waals surface area contributed by atoms with Crippen molar-refractivity contribution in [2.75, 3.05) is 63.0 Å². The van der Waals surface area contributed by atoms with E-state index in [9.17, 15) is 14.4 Å². The minimum Gasteiger partial charge on any atom is -0.472 e. The van der Waals surface area contributed by atoms with Crippen LogP contribution in [0.25, 0.3) is 11.1 Å². The number of benzene rings is 3. The molecule has 3 aromatic carbocycles. The zero-order valence-electron chi connectivity index (χ0n) is 31.5. The molecule has 2 unspecified atom stereocenters. The van der Waals surface area contributed by atoms with Crippen LogP contribution in [0.1, 0.15) is 72.7 Å². The minimum atomic E-state index is -0.608. The van der Waals surface area contributed by atoms with Crippen LogP contribution in [0.5, 0.6) is 5.75 Å². The van der Waals surface area contributed by atoms with E-state index in [1.807, 2.05) is 26.8 Å². The van der Waals surface area contributed by atoms with Crippen LogP contribution in [0.4, 0.5) is 20.6 Å². The van der Waals surface area contributed by atoms with Gasteiger partial charge in [0.15, 0.2) is 6.73 Å². The highest BCUT2D eigenvalue weighted by atomic mass is 35.5. The van der Waals surface area contributed by atoms with Crippen LogP contribution >= 0.6 is 23.2 Å². The zero-order chi connectivity index (χ0) is 38.8. The summed E-state index contributed by atoms with van der Waals surface area (Å²) >= 11 is 13.6. The molecular formula is C41H45Cl2FN4O7. The maximum Gasteiger partial charge on any atom is 0.410 e. The number of rotatable bonds is 5. The van der Waals surface area contributed by atoms with Crippen LogP contribution < -0.4 is 14.5 Å². The smallest absolute Gasteiger partial charge is 0.410 e. The van der Waals surface area contributed by atoms with E-state index in [1.54, 1.807) is 35.2 Å². The molecule has 2 atom stereocenters. The molecule has 14 heteroatoms. The first-order valence-corrected chi connectivity index (χ1v) is 19.5. The third-order valence-corrected chi connectivity index (χ3v) is 12.1. The number of para-hydroxylation sites is 1. The first-order valence-electron chi connectivity index (χ1n) is 18.8. The molecule has 8 rings (SSSR count). The molecule has 2 amide bonds. The van der Waals surface area contributed by atoms with Gasteiger partial charge in [-0.05, 0) is 70.7 Å². The lowest BCUT2D eigenvalue weighted by atomic mass is 9.72. The number of fused-ring (bicyclic) bond motifs is 3. The van der Waals surface area contributed by atoms with E-state index < -0.39 is 17.4 Å². The van der Waals surface area contributed by atoms with Crippen molar-refractivity contribution in [2.45, 2.75) is 70.7 Å². The van der Waals surface area contributed by atoms with Crippen LogP contribution in [0.3, 0.4) is 0 Å².